The van der Waals surface area contributed by atoms with Crippen LogP contribution in [0, 0.1) is 0 Å². The zero-order valence-corrected chi connectivity index (χ0v) is 14.5. The van der Waals surface area contributed by atoms with E-state index in [1.165, 1.54) is 6.07 Å². The normalized spacial score (nSPS) is 12.0. The number of nitrogens with two attached hydrogens (primary N) is 2. The van der Waals surface area contributed by atoms with Gasteiger partial charge in [-0.25, -0.2) is 4.79 Å². The van der Waals surface area contributed by atoms with Gasteiger partial charge in [0.1, 0.15) is 6.04 Å². The highest BCUT2D eigenvalue weighted by Crippen LogP contribution is 2.32. The number of primary amides is 1. The van der Waals surface area contributed by atoms with Gasteiger partial charge in [-0.05, 0) is 30.2 Å². The smallest absolute Gasteiger partial charge is 0.352 e. The standard InChI is InChI=1S/C15H21F3N4O2.ClH/c1-2-3-4-12(22-14(20)24)13(23)21-11-6-9(8-19)5-10(7-11)15(16,17)18;/h5-7,12H,2-4,8,19H2,1H3,(H,21,23)(H3,20,22,24);1H. The van der Waals surface area contributed by atoms with Crippen molar-refractivity contribution in [2.75, 3.05) is 5.32 Å². The van der Waals surface area contributed by atoms with Crippen molar-refractivity contribution < 1.29 is 22.8 Å². The highest BCUT2D eigenvalue weighted by Gasteiger charge is 2.31. The SMILES string of the molecule is CCCCC(NC(N)=O)C(=O)Nc1cc(CN)cc(C(F)(F)F)c1.Cl. The van der Waals surface area contributed by atoms with E-state index < -0.39 is 29.7 Å². The molecule has 0 aliphatic carbocycles. The van der Waals surface area contributed by atoms with Gasteiger partial charge in [0, 0.05) is 12.2 Å². The van der Waals surface area contributed by atoms with Gasteiger partial charge in [0.25, 0.3) is 0 Å². The zero-order valence-electron chi connectivity index (χ0n) is 13.7. The fourth-order valence-electron chi connectivity index (χ4n) is 2.12. The van der Waals surface area contributed by atoms with E-state index >= 15 is 0 Å². The summed E-state index contributed by atoms with van der Waals surface area (Å²) in [5, 5.41) is 4.67. The highest BCUT2D eigenvalue weighted by molar-refractivity contribution is 5.97. The van der Waals surface area contributed by atoms with Crippen molar-refractivity contribution in [2.24, 2.45) is 11.5 Å². The number of rotatable bonds is 7. The molecule has 0 fully saturated rings. The monoisotopic (exact) mass is 382 g/mol. The van der Waals surface area contributed by atoms with E-state index in [2.05, 4.69) is 10.6 Å². The molecule has 0 saturated carbocycles. The lowest BCUT2D eigenvalue weighted by molar-refractivity contribution is -0.137. The molecule has 25 heavy (non-hydrogen) atoms. The number of alkyl halides is 3. The summed E-state index contributed by atoms with van der Waals surface area (Å²) >= 11 is 0. The van der Waals surface area contributed by atoms with Crippen molar-refractivity contribution in [3.63, 3.8) is 0 Å². The van der Waals surface area contributed by atoms with Crippen LogP contribution in [-0.4, -0.2) is 18.0 Å². The van der Waals surface area contributed by atoms with Crippen LogP contribution in [0.15, 0.2) is 18.2 Å². The van der Waals surface area contributed by atoms with E-state index in [1.807, 2.05) is 6.92 Å². The van der Waals surface area contributed by atoms with Gasteiger partial charge >= 0.3 is 12.2 Å². The van der Waals surface area contributed by atoms with Crippen molar-refractivity contribution in [2.45, 2.75) is 44.9 Å². The van der Waals surface area contributed by atoms with E-state index in [4.69, 9.17) is 11.5 Å². The van der Waals surface area contributed by atoms with E-state index in [1.54, 1.807) is 0 Å². The highest BCUT2D eigenvalue weighted by atomic mass is 35.5. The minimum Gasteiger partial charge on any atom is -0.352 e. The van der Waals surface area contributed by atoms with Crippen LogP contribution in [0.2, 0.25) is 0 Å². The number of amides is 3. The molecule has 0 heterocycles. The molecule has 1 aromatic rings. The Morgan fingerprint density at radius 1 is 1.24 bits per heavy atom. The van der Waals surface area contributed by atoms with Crippen LogP contribution in [0.25, 0.3) is 0 Å². The van der Waals surface area contributed by atoms with Gasteiger partial charge in [-0.3, -0.25) is 4.79 Å². The third-order valence-corrected chi connectivity index (χ3v) is 3.30. The van der Waals surface area contributed by atoms with Crippen LogP contribution in [0.5, 0.6) is 0 Å². The van der Waals surface area contributed by atoms with Crippen LogP contribution in [-0.2, 0) is 17.5 Å². The summed E-state index contributed by atoms with van der Waals surface area (Å²) in [5.74, 6) is -0.635. The fourth-order valence-corrected chi connectivity index (χ4v) is 2.12. The second-order valence-electron chi connectivity index (χ2n) is 5.31. The number of unbranched alkanes of at least 4 members (excludes halogenated alkanes) is 1. The Morgan fingerprint density at radius 3 is 2.36 bits per heavy atom. The van der Waals surface area contributed by atoms with Crippen molar-refractivity contribution in [1.82, 2.24) is 5.32 Å². The molecule has 1 unspecified atom stereocenters. The van der Waals surface area contributed by atoms with Crippen LogP contribution in [0.1, 0.15) is 37.3 Å². The van der Waals surface area contributed by atoms with E-state index in [0.717, 1.165) is 18.6 Å². The maximum atomic E-state index is 12.9. The van der Waals surface area contributed by atoms with Crippen LogP contribution >= 0.6 is 12.4 Å². The van der Waals surface area contributed by atoms with Crippen LogP contribution < -0.4 is 22.1 Å². The summed E-state index contributed by atoms with van der Waals surface area (Å²) in [5.41, 5.74) is 9.71. The van der Waals surface area contributed by atoms with E-state index in [-0.39, 0.29) is 30.2 Å². The molecule has 10 heteroatoms. The van der Waals surface area contributed by atoms with Gasteiger partial charge < -0.3 is 22.1 Å². The quantitative estimate of drug-likeness (QED) is 0.581. The van der Waals surface area contributed by atoms with Crippen molar-refractivity contribution in [3.05, 3.63) is 29.3 Å². The predicted octanol–water partition coefficient (Wildman–Crippen LogP) is 2.75. The van der Waals surface area contributed by atoms with Gasteiger partial charge in [0.2, 0.25) is 5.91 Å². The number of carbonyl (C=O) groups excluding carboxylic acids is 2. The van der Waals surface area contributed by atoms with Gasteiger partial charge in [0.05, 0.1) is 5.56 Å². The minimum absolute atomic E-state index is 0. The van der Waals surface area contributed by atoms with Crippen LogP contribution in [0.4, 0.5) is 23.7 Å². The lowest BCUT2D eigenvalue weighted by Crippen LogP contribution is -2.46. The average Bonchev–Trinajstić information content (AvgIpc) is 2.49. The van der Waals surface area contributed by atoms with Crippen molar-refractivity contribution in [3.8, 4) is 0 Å². The Bertz CT molecular complexity index is 597. The largest absolute Gasteiger partial charge is 0.416 e. The number of urea groups is 1. The molecular weight excluding hydrogens is 361 g/mol. The summed E-state index contributed by atoms with van der Waals surface area (Å²) in [6, 6.07) is 1.30. The third kappa shape index (κ3) is 7.61. The molecule has 6 N–H and O–H groups in total. The maximum absolute atomic E-state index is 12.9. The molecule has 6 nitrogen and oxygen atoms in total. The van der Waals surface area contributed by atoms with E-state index in [9.17, 15) is 22.8 Å². The number of benzene rings is 1. The third-order valence-electron chi connectivity index (χ3n) is 3.30. The molecule has 1 rings (SSSR count). The first-order valence-corrected chi connectivity index (χ1v) is 7.45. The second kappa shape index (κ2) is 10.1. The number of hydrogen-bond acceptors (Lipinski definition) is 3. The average molecular weight is 383 g/mol. The summed E-state index contributed by atoms with van der Waals surface area (Å²) in [7, 11) is 0. The summed E-state index contributed by atoms with van der Waals surface area (Å²) in [6.45, 7) is 1.80. The van der Waals surface area contributed by atoms with Crippen molar-refractivity contribution >= 4 is 30.0 Å². The minimum atomic E-state index is -4.56. The molecule has 1 atom stereocenters. The molecule has 3 amide bonds. The molecule has 0 spiro atoms. The number of carbonyl (C=O) groups is 2. The predicted molar refractivity (Wildman–Crippen MR) is 91.2 cm³/mol. The van der Waals surface area contributed by atoms with Gasteiger partial charge in [0.15, 0.2) is 0 Å². The second-order valence-corrected chi connectivity index (χ2v) is 5.31. The van der Waals surface area contributed by atoms with Crippen molar-refractivity contribution in [1.29, 1.82) is 0 Å². The number of hydrogen-bond donors (Lipinski definition) is 4. The molecule has 142 valence electrons. The lowest BCUT2D eigenvalue weighted by atomic mass is 10.1. The summed E-state index contributed by atoms with van der Waals surface area (Å²) in [6.07, 6.45) is -2.80. The molecular formula is C15H22ClF3N4O2. The number of nitrogens with one attached hydrogen (secondary N) is 2. The Balaban J connectivity index is 0.00000576. The molecule has 0 saturated heterocycles. The van der Waals surface area contributed by atoms with Gasteiger partial charge in [-0.2, -0.15) is 13.2 Å². The fraction of sp³-hybridized carbons (Fsp3) is 0.467. The Hall–Kier alpha value is -2.00. The zero-order chi connectivity index (χ0) is 18.3. The Kier molecular flexibility index (Phi) is 9.29. The molecule has 0 bridgehead atoms. The van der Waals surface area contributed by atoms with Gasteiger partial charge in [-0.15, -0.1) is 12.4 Å². The molecule has 0 radical (unpaired) electrons. The molecule has 0 aliphatic heterocycles. The topological polar surface area (TPSA) is 110 Å². The first-order chi connectivity index (χ1) is 11.2. The summed E-state index contributed by atoms with van der Waals surface area (Å²) < 4.78 is 38.7. The summed E-state index contributed by atoms with van der Waals surface area (Å²) in [4.78, 5) is 23.2. The molecule has 1 aromatic carbocycles. The first kappa shape index (κ1) is 23.0. The first-order valence-electron chi connectivity index (χ1n) is 7.45. The number of anilines is 1. The molecule has 0 aromatic heterocycles. The van der Waals surface area contributed by atoms with Gasteiger partial charge in [-0.1, -0.05) is 19.8 Å². The lowest BCUT2D eigenvalue weighted by Gasteiger charge is -2.18. The maximum Gasteiger partial charge on any atom is 0.416 e. The number of halogens is 4. The van der Waals surface area contributed by atoms with Crippen LogP contribution in [0.3, 0.4) is 0 Å². The Morgan fingerprint density at radius 2 is 1.88 bits per heavy atom. The van der Waals surface area contributed by atoms with E-state index in [0.29, 0.717) is 12.8 Å². The Labute approximate surface area is 149 Å². The molecule has 0 aliphatic rings.